The van der Waals surface area contributed by atoms with Gasteiger partial charge in [-0.25, -0.2) is 4.39 Å². The molecule has 0 saturated heterocycles. The van der Waals surface area contributed by atoms with Crippen LogP contribution in [-0.4, -0.2) is 4.98 Å². The molecule has 0 saturated carbocycles. The second-order valence-electron chi connectivity index (χ2n) is 5.44. The Balaban J connectivity index is 1.79. The lowest BCUT2D eigenvalue weighted by molar-refractivity contribution is 0.405. The highest BCUT2D eigenvalue weighted by Gasteiger charge is 2.22. The molecular weight excluding hydrogens is 251 g/mol. The van der Waals surface area contributed by atoms with Crippen molar-refractivity contribution in [1.82, 2.24) is 10.3 Å². The van der Waals surface area contributed by atoms with Crippen molar-refractivity contribution in [2.75, 3.05) is 0 Å². The highest BCUT2D eigenvalue weighted by molar-refractivity contribution is 5.26. The molecule has 2 unspecified atom stereocenters. The van der Waals surface area contributed by atoms with Crippen molar-refractivity contribution >= 4 is 0 Å². The monoisotopic (exact) mass is 270 g/mol. The van der Waals surface area contributed by atoms with Gasteiger partial charge in [0.15, 0.2) is 0 Å². The van der Waals surface area contributed by atoms with Gasteiger partial charge in [0.2, 0.25) is 0 Å². The molecule has 2 nitrogen and oxygen atoms in total. The van der Waals surface area contributed by atoms with Crippen molar-refractivity contribution in [2.24, 2.45) is 0 Å². The fraction of sp³-hybridized carbons (Fsp3) is 0.353. The first kappa shape index (κ1) is 13.3. The Kier molecular flexibility index (Phi) is 3.79. The van der Waals surface area contributed by atoms with Gasteiger partial charge in [-0.1, -0.05) is 18.2 Å². The van der Waals surface area contributed by atoms with E-state index in [4.69, 9.17) is 0 Å². The first-order chi connectivity index (χ1) is 9.74. The second kappa shape index (κ2) is 5.71. The fourth-order valence-corrected chi connectivity index (χ4v) is 2.95. The molecule has 0 spiro atoms. The molecule has 2 aromatic rings. The summed E-state index contributed by atoms with van der Waals surface area (Å²) in [4.78, 5) is 4.53. The molecule has 1 N–H and O–H groups in total. The predicted octanol–water partition coefficient (Wildman–Crippen LogP) is 3.95. The van der Waals surface area contributed by atoms with Crippen LogP contribution in [0.3, 0.4) is 0 Å². The van der Waals surface area contributed by atoms with Crippen molar-refractivity contribution in [2.45, 2.75) is 38.3 Å². The van der Waals surface area contributed by atoms with Gasteiger partial charge < -0.3 is 5.32 Å². The summed E-state index contributed by atoms with van der Waals surface area (Å²) >= 11 is 0. The number of pyridine rings is 1. The number of aromatic nitrogens is 1. The minimum Gasteiger partial charge on any atom is -0.302 e. The summed E-state index contributed by atoms with van der Waals surface area (Å²) in [6, 6.07) is 11.3. The van der Waals surface area contributed by atoms with E-state index in [1.807, 2.05) is 18.3 Å². The van der Waals surface area contributed by atoms with E-state index in [2.05, 4.69) is 23.3 Å². The van der Waals surface area contributed by atoms with Crippen molar-refractivity contribution in [1.29, 1.82) is 0 Å². The SMILES string of the molecule is CC(NC1CCCc2cccnc21)c1cccc(F)c1. The van der Waals surface area contributed by atoms with Crippen molar-refractivity contribution in [3.63, 3.8) is 0 Å². The zero-order chi connectivity index (χ0) is 13.9. The van der Waals surface area contributed by atoms with Gasteiger partial charge in [0.1, 0.15) is 5.82 Å². The smallest absolute Gasteiger partial charge is 0.123 e. The van der Waals surface area contributed by atoms with Crippen LogP contribution in [0.2, 0.25) is 0 Å². The van der Waals surface area contributed by atoms with E-state index in [1.54, 1.807) is 12.1 Å². The van der Waals surface area contributed by atoms with E-state index < -0.39 is 0 Å². The van der Waals surface area contributed by atoms with E-state index in [-0.39, 0.29) is 17.9 Å². The van der Waals surface area contributed by atoms with Crippen LogP contribution >= 0.6 is 0 Å². The Morgan fingerprint density at radius 1 is 1.30 bits per heavy atom. The van der Waals surface area contributed by atoms with Crippen molar-refractivity contribution in [3.05, 3.63) is 65.2 Å². The zero-order valence-corrected chi connectivity index (χ0v) is 11.6. The number of fused-ring (bicyclic) bond motifs is 1. The highest BCUT2D eigenvalue weighted by atomic mass is 19.1. The Morgan fingerprint density at radius 2 is 2.20 bits per heavy atom. The average Bonchev–Trinajstić information content (AvgIpc) is 2.47. The number of aryl methyl sites for hydroxylation is 1. The van der Waals surface area contributed by atoms with Gasteiger partial charge in [-0.2, -0.15) is 0 Å². The van der Waals surface area contributed by atoms with E-state index >= 15 is 0 Å². The van der Waals surface area contributed by atoms with Crippen molar-refractivity contribution < 1.29 is 4.39 Å². The molecule has 0 fully saturated rings. The van der Waals surface area contributed by atoms with Gasteiger partial charge in [0.05, 0.1) is 11.7 Å². The summed E-state index contributed by atoms with van der Waals surface area (Å²) in [5, 5.41) is 3.59. The Hall–Kier alpha value is -1.74. The zero-order valence-electron chi connectivity index (χ0n) is 11.6. The number of rotatable bonds is 3. The Bertz CT molecular complexity index is 597. The molecule has 20 heavy (non-hydrogen) atoms. The third-order valence-electron chi connectivity index (χ3n) is 3.99. The summed E-state index contributed by atoms with van der Waals surface area (Å²) in [7, 11) is 0. The lowest BCUT2D eigenvalue weighted by atomic mass is 9.91. The fourth-order valence-electron chi connectivity index (χ4n) is 2.95. The Labute approximate surface area is 119 Å². The molecular formula is C17H19FN2. The number of hydrogen-bond donors (Lipinski definition) is 1. The third kappa shape index (κ3) is 2.73. The third-order valence-corrected chi connectivity index (χ3v) is 3.99. The van der Waals surface area contributed by atoms with Crippen LogP contribution in [0.4, 0.5) is 4.39 Å². The minimum atomic E-state index is -0.182. The maximum atomic E-state index is 13.3. The number of halogens is 1. The van der Waals surface area contributed by atoms with Crippen LogP contribution in [0, 0.1) is 5.82 Å². The highest BCUT2D eigenvalue weighted by Crippen LogP contribution is 2.30. The molecule has 1 aliphatic carbocycles. The Morgan fingerprint density at radius 3 is 3.05 bits per heavy atom. The van der Waals surface area contributed by atoms with Gasteiger partial charge in [-0.05, 0) is 55.5 Å². The second-order valence-corrected chi connectivity index (χ2v) is 5.44. The van der Waals surface area contributed by atoms with Crippen molar-refractivity contribution in [3.8, 4) is 0 Å². The van der Waals surface area contributed by atoms with Gasteiger partial charge in [0.25, 0.3) is 0 Å². The maximum Gasteiger partial charge on any atom is 0.123 e. The topological polar surface area (TPSA) is 24.9 Å². The molecule has 0 radical (unpaired) electrons. The first-order valence-corrected chi connectivity index (χ1v) is 7.19. The summed E-state index contributed by atoms with van der Waals surface area (Å²) in [5.41, 5.74) is 3.47. The molecule has 1 aliphatic rings. The molecule has 1 heterocycles. The maximum absolute atomic E-state index is 13.3. The van der Waals surface area contributed by atoms with Crippen LogP contribution in [0.1, 0.15) is 48.7 Å². The lowest BCUT2D eigenvalue weighted by Crippen LogP contribution is -2.28. The number of benzene rings is 1. The first-order valence-electron chi connectivity index (χ1n) is 7.19. The molecule has 3 rings (SSSR count). The molecule has 0 amide bonds. The molecule has 0 aliphatic heterocycles. The molecule has 2 atom stereocenters. The van der Waals surface area contributed by atoms with E-state index in [0.29, 0.717) is 0 Å². The number of nitrogens with zero attached hydrogens (tertiary/aromatic N) is 1. The summed E-state index contributed by atoms with van der Waals surface area (Å²) < 4.78 is 13.3. The van der Waals surface area contributed by atoms with Gasteiger partial charge in [-0.15, -0.1) is 0 Å². The van der Waals surface area contributed by atoms with Crippen LogP contribution in [-0.2, 0) is 6.42 Å². The summed E-state index contributed by atoms with van der Waals surface area (Å²) in [6.45, 7) is 2.08. The summed E-state index contributed by atoms with van der Waals surface area (Å²) in [5.74, 6) is -0.182. The van der Waals surface area contributed by atoms with E-state index in [9.17, 15) is 4.39 Å². The number of nitrogens with one attached hydrogen (secondary N) is 1. The average molecular weight is 270 g/mol. The molecule has 3 heteroatoms. The van der Waals surface area contributed by atoms with E-state index in [1.165, 1.54) is 18.1 Å². The minimum absolute atomic E-state index is 0.114. The van der Waals surface area contributed by atoms with E-state index in [0.717, 1.165) is 24.1 Å². The van der Waals surface area contributed by atoms with Crippen LogP contribution in [0.15, 0.2) is 42.6 Å². The normalized spacial score (nSPS) is 19.4. The predicted molar refractivity (Wildman–Crippen MR) is 77.9 cm³/mol. The van der Waals surface area contributed by atoms with Gasteiger partial charge >= 0.3 is 0 Å². The van der Waals surface area contributed by atoms with Gasteiger partial charge in [-0.3, -0.25) is 4.98 Å². The quantitative estimate of drug-likeness (QED) is 0.913. The molecule has 1 aromatic carbocycles. The molecule has 104 valence electrons. The summed E-state index contributed by atoms with van der Waals surface area (Å²) in [6.07, 6.45) is 5.22. The standard InChI is InChI=1S/C17H19FN2/c1-12(14-6-2-8-15(18)11-14)20-16-9-3-5-13-7-4-10-19-17(13)16/h2,4,6-8,10-12,16,20H,3,5,9H2,1H3. The van der Waals surface area contributed by atoms with Crippen LogP contribution in [0.5, 0.6) is 0 Å². The van der Waals surface area contributed by atoms with Gasteiger partial charge in [0, 0.05) is 12.2 Å². The van der Waals surface area contributed by atoms with Crippen LogP contribution in [0.25, 0.3) is 0 Å². The molecule has 0 bridgehead atoms. The lowest BCUT2D eigenvalue weighted by Gasteiger charge is -2.28. The molecule has 1 aromatic heterocycles. The largest absolute Gasteiger partial charge is 0.302 e. The number of hydrogen-bond acceptors (Lipinski definition) is 2. The van der Waals surface area contributed by atoms with Crippen LogP contribution < -0.4 is 5.32 Å².